The summed E-state index contributed by atoms with van der Waals surface area (Å²) in [6.07, 6.45) is 6.61. The van der Waals surface area contributed by atoms with Crippen LogP contribution in [0.5, 0.6) is 11.5 Å². The fraction of sp³-hybridized carbons (Fsp3) is 0.600. The Labute approximate surface area is 134 Å². The highest BCUT2D eigenvalue weighted by Gasteiger charge is 2.54. The molecule has 2 heteroatoms. The quantitative estimate of drug-likeness (QED) is 0.746. The summed E-state index contributed by atoms with van der Waals surface area (Å²) in [5, 5.41) is 10.7. The molecule has 0 saturated heterocycles. The lowest BCUT2D eigenvalue weighted by Gasteiger charge is -2.54. The number of allylic oxidation sites excluding steroid dienone is 2. The van der Waals surface area contributed by atoms with E-state index < -0.39 is 0 Å². The van der Waals surface area contributed by atoms with E-state index in [9.17, 15) is 5.11 Å². The number of fused-ring (bicyclic) bond motifs is 3. The van der Waals surface area contributed by atoms with Gasteiger partial charge in [0.1, 0.15) is 17.1 Å². The van der Waals surface area contributed by atoms with Crippen LogP contribution in [0.15, 0.2) is 23.8 Å². The molecule has 1 aliphatic heterocycles. The van der Waals surface area contributed by atoms with E-state index in [-0.39, 0.29) is 16.9 Å². The summed E-state index contributed by atoms with van der Waals surface area (Å²) in [5.74, 6) is 1.51. The molecule has 22 heavy (non-hydrogen) atoms. The summed E-state index contributed by atoms with van der Waals surface area (Å²) < 4.78 is 6.41. The molecule has 120 valence electrons. The molecular formula is C20H28O2. The van der Waals surface area contributed by atoms with E-state index in [1.807, 2.05) is 6.07 Å². The average molecular weight is 300 g/mol. The first-order valence-corrected chi connectivity index (χ1v) is 8.50. The number of phenolic OH excluding ortho intramolecular Hbond substituents is 1. The van der Waals surface area contributed by atoms with Gasteiger partial charge in [-0.15, -0.1) is 0 Å². The summed E-state index contributed by atoms with van der Waals surface area (Å²) in [4.78, 5) is 0. The standard InChI is InChI=1S/C20H28O2/c1-6-7-14-11-16(21)18-15-10-13(2)8-9-20(15,5)19(3,4)22-17(18)12-14/h10-12,15,21H,6-9H2,1-5H3/t15-,20+/m0/s1. The minimum atomic E-state index is -0.237. The number of phenols is 1. The van der Waals surface area contributed by atoms with Crippen molar-refractivity contribution >= 4 is 0 Å². The lowest BCUT2D eigenvalue weighted by atomic mass is 9.57. The first kappa shape index (κ1) is 15.5. The van der Waals surface area contributed by atoms with Crippen LogP contribution in [-0.4, -0.2) is 10.7 Å². The Kier molecular flexibility index (Phi) is 3.54. The van der Waals surface area contributed by atoms with Crippen molar-refractivity contribution in [3.8, 4) is 11.5 Å². The Morgan fingerprint density at radius 3 is 2.68 bits per heavy atom. The van der Waals surface area contributed by atoms with Gasteiger partial charge >= 0.3 is 0 Å². The number of rotatable bonds is 2. The van der Waals surface area contributed by atoms with Crippen molar-refractivity contribution in [1.82, 2.24) is 0 Å². The van der Waals surface area contributed by atoms with Crippen LogP contribution >= 0.6 is 0 Å². The molecule has 1 aromatic rings. The molecule has 0 radical (unpaired) electrons. The zero-order valence-corrected chi connectivity index (χ0v) is 14.5. The van der Waals surface area contributed by atoms with Gasteiger partial charge in [0.2, 0.25) is 0 Å². The van der Waals surface area contributed by atoms with Gasteiger partial charge in [0, 0.05) is 16.9 Å². The van der Waals surface area contributed by atoms with E-state index in [0.29, 0.717) is 5.75 Å². The smallest absolute Gasteiger partial charge is 0.127 e. The van der Waals surface area contributed by atoms with Crippen LogP contribution in [0, 0.1) is 5.41 Å². The Morgan fingerprint density at radius 2 is 2.00 bits per heavy atom. The number of hydrogen-bond acceptors (Lipinski definition) is 2. The molecule has 0 bridgehead atoms. The van der Waals surface area contributed by atoms with Gasteiger partial charge in [-0.05, 0) is 57.7 Å². The molecule has 0 amide bonds. The van der Waals surface area contributed by atoms with Gasteiger partial charge in [0.15, 0.2) is 0 Å². The number of ether oxygens (including phenoxy) is 1. The van der Waals surface area contributed by atoms with Crippen LogP contribution in [0.3, 0.4) is 0 Å². The lowest BCUT2D eigenvalue weighted by Crippen LogP contribution is -2.53. The Hall–Kier alpha value is -1.44. The summed E-state index contributed by atoms with van der Waals surface area (Å²) >= 11 is 0. The molecule has 0 spiro atoms. The largest absolute Gasteiger partial charge is 0.507 e. The molecule has 2 aliphatic rings. The van der Waals surface area contributed by atoms with E-state index in [1.165, 1.54) is 5.57 Å². The van der Waals surface area contributed by atoms with E-state index in [0.717, 1.165) is 42.6 Å². The van der Waals surface area contributed by atoms with Crippen LogP contribution < -0.4 is 4.74 Å². The van der Waals surface area contributed by atoms with E-state index in [2.05, 4.69) is 46.8 Å². The number of aromatic hydroxyl groups is 1. The van der Waals surface area contributed by atoms with Crippen LogP contribution in [-0.2, 0) is 6.42 Å². The summed E-state index contributed by atoms with van der Waals surface area (Å²) in [6, 6.07) is 4.07. The van der Waals surface area contributed by atoms with E-state index >= 15 is 0 Å². The molecule has 0 aromatic heterocycles. The van der Waals surface area contributed by atoms with Crippen molar-refractivity contribution in [3.05, 3.63) is 34.9 Å². The summed E-state index contributed by atoms with van der Waals surface area (Å²) in [5.41, 5.74) is 3.35. The highest BCUT2D eigenvalue weighted by Crippen LogP contribution is 2.60. The van der Waals surface area contributed by atoms with E-state index in [4.69, 9.17) is 4.74 Å². The number of aryl methyl sites for hydroxylation is 1. The Bertz CT molecular complexity index is 627. The molecule has 0 fully saturated rings. The average Bonchev–Trinajstić information content (AvgIpc) is 2.41. The second-order valence-electron chi connectivity index (χ2n) is 7.80. The fourth-order valence-electron chi connectivity index (χ4n) is 4.13. The number of hydrogen-bond donors (Lipinski definition) is 1. The molecule has 1 heterocycles. The number of benzene rings is 1. The van der Waals surface area contributed by atoms with Gasteiger partial charge in [-0.3, -0.25) is 0 Å². The van der Waals surface area contributed by atoms with Crippen molar-refractivity contribution in [3.63, 3.8) is 0 Å². The van der Waals surface area contributed by atoms with Crippen molar-refractivity contribution in [2.24, 2.45) is 5.41 Å². The predicted octanol–water partition coefficient (Wildman–Crippen LogP) is 5.35. The molecule has 1 aromatic carbocycles. The molecular weight excluding hydrogens is 272 g/mol. The molecule has 0 unspecified atom stereocenters. The van der Waals surface area contributed by atoms with Gasteiger partial charge in [0.05, 0.1) is 0 Å². The van der Waals surface area contributed by atoms with Crippen molar-refractivity contribution in [1.29, 1.82) is 0 Å². The normalized spacial score (nSPS) is 29.1. The van der Waals surface area contributed by atoms with Crippen LogP contribution in [0.4, 0.5) is 0 Å². The van der Waals surface area contributed by atoms with Crippen molar-refractivity contribution < 1.29 is 9.84 Å². The topological polar surface area (TPSA) is 29.5 Å². The second kappa shape index (κ2) is 5.04. The Morgan fingerprint density at radius 1 is 1.27 bits per heavy atom. The van der Waals surface area contributed by atoms with Crippen LogP contribution in [0.2, 0.25) is 0 Å². The highest BCUT2D eigenvalue weighted by molar-refractivity contribution is 5.55. The third-order valence-electron chi connectivity index (χ3n) is 5.95. The molecule has 1 aliphatic carbocycles. The zero-order valence-electron chi connectivity index (χ0n) is 14.5. The van der Waals surface area contributed by atoms with Crippen molar-refractivity contribution in [2.75, 3.05) is 0 Å². The molecule has 0 saturated carbocycles. The molecule has 2 atom stereocenters. The lowest BCUT2D eigenvalue weighted by molar-refractivity contribution is -0.0577. The Balaban J connectivity index is 2.20. The molecule has 3 rings (SSSR count). The van der Waals surface area contributed by atoms with Gasteiger partial charge < -0.3 is 9.84 Å². The van der Waals surface area contributed by atoms with Crippen LogP contribution in [0.1, 0.15) is 70.9 Å². The second-order valence-corrected chi connectivity index (χ2v) is 7.80. The minimum Gasteiger partial charge on any atom is -0.507 e. The maximum atomic E-state index is 10.7. The maximum Gasteiger partial charge on any atom is 0.127 e. The van der Waals surface area contributed by atoms with E-state index in [1.54, 1.807) is 0 Å². The monoisotopic (exact) mass is 300 g/mol. The predicted molar refractivity (Wildman–Crippen MR) is 90.6 cm³/mol. The first-order valence-electron chi connectivity index (χ1n) is 8.50. The maximum absolute atomic E-state index is 10.7. The SMILES string of the molecule is CCCc1cc(O)c2c(c1)OC(C)(C)[C@]1(C)CCC(C)=C[C@@H]21. The summed E-state index contributed by atoms with van der Waals surface area (Å²) in [7, 11) is 0. The molecule has 1 N–H and O–H groups in total. The zero-order chi connectivity index (χ0) is 16.1. The first-order chi connectivity index (χ1) is 10.3. The highest BCUT2D eigenvalue weighted by atomic mass is 16.5. The third kappa shape index (κ3) is 2.15. The summed E-state index contributed by atoms with van der Waals surface area (Å²) in [6.45, 7) is 11.1. The van der Waals surface area contributed by atoms with Gasteiger partial charge in [-0.25, -0.2) is 0 Å². The molecule has 2 nitrogen and oxygen atoms in total. The van der Waals surface area contributed by atoms with Crippen LogP contribution in [0.25, 0.3) is 0 Å². The van der Waals surface area contributed by atoms with Gasteiger partial charge in [-0.1, -0.05) is 31.9 Å². The fourth-order valence-corrected chi connectivity index (χ4v) is 4.13. The van der Waals surface area contributed by atoms with Gasteiger partial charge in [-0.2, -0.15) is 0 Å². The third-order valence-corrected chi connectivity index (χ3v) is 5.95. The van der Waals surface area contributed by atoms with Crippen molar-refractivity contribution in [2.45, 2.75) is 71.8 Å². The minimum absolute atomic E-state index is 0.0171. The van der Waals surface area contributed by atoms with Gasteiger partial charge in [0.25, 0.3) is 0 Å².